The van der Waals surface area contributed by atoms with Crippen LogP contribution in [0.15, 0.2) is 66.7 Å². The van der Waals surface area contributed by atoms with Crippen molar-refractivity contribution < 1.29 is 0 Å². The molecule has 1 aliphatic heterocycles. The maximum atomic E-state index is 2.41. The topological polar surface area (TPSA) is 3.24 Å². The Balaban J connectivity index is 2.17. The second-order valence-electron chi connectivity index (χ2n) is 5.18. The third kappa shape index (κ3) is 2.17. The van der Waals surface area contributed by atoms with Crippen molar-refractivity contribution >= 4 is 11.4 Å². The summed E-state index contributed by atoms with van der Waals surface area (Å²) in [6, 6.07) is 19.7. The van der Waals surface area contributed by atoms with Crippen molar-refractivity contribution in [3.63, 3.8) is 0 Å². The summed E-state index contributed by atoms with van der Waals surface area (Å²) in [5.74, 6) is 0.465. The molecule has 0 amide bonds. The van der Waals surface area contributed by atoms with Crippen LogP contribution in [0.25, 0.3) is 0 Å². The summed E-state index contributed by atoms with van der Waals surface area (Å²) < 4.78 is 0. The van der Waals surface area contributed by atoms with E-state index in [1.807, 2.05) is 0 Å². The van der Waals surface area contributed by atoms with Gasteiger partial charge in [0.1, 0.15) is 0 Å². The summed E-state index contributed by atoms with van der Waals surface area (Å²) in [5, 5.41) is 0. The molecule has 0 radical (unpaired) electrons. The molecule has 19 heavy (non-hydrogen) atoms. The van der Waals surface area contributed by atoms with Gasteiger partial charge in [-0.2, -0.15) is 0 Å². The molecule has 2 aromatic carbocycles. The number of rotatable bonds is 1. The van der Waals surface area contributed by atoms with Crippen molar-refractivity contribution in [1.82, 2.24) is 0 Å². The van der Waals surface area contributed by atoms with Gasteiger partial charge in [0.2, 0.25) is 0 Å². The molecule has 3 rings (SSSR count). The lowest BCUT2D eigenvalue weighted by atomic mass is 9.99. The monoisotopic (exact) mass is 249 g/mol. The lowest BCUT2D eigenvalue weighted by molar-refractivity contribution is 0.867. The Labute approximate surface area is 115 Å². The fourth-order valence-corrected chi connectivity index (χ4v) is 2.79. The molecule has 1 nitrogen and oxygen atoms in total. The van der Waals surface area contributed by atoms with Gasteiger partial charge in [0.15, 0.2) is 0 Å². The zero-order valence-electron chi connectivity index (χ0n) is 11.5. The molecule has 96 valence electrons. The van der Waals surface area contributed by atoms with Crippen molar-refractivity contribution in [2.45, 2.75) is 25.8 Å². The van der Waals surface area contributed by atoms with Gasteiger partial charge >= 0.3 is 0 Å². The van der Waals surface area contributed by atoms with E-state index in [9.17, 15) is 0 Å². The first-order valence-corrected chi connectivity index (χ1v) is 6.89. The van der Waals surface area contributed by atoms with Crippen molar-refractivity contribution in [2.75, 3.05) is 4.90 Å². The summed E-state index contributed by atoms with van der Waals surface area (Å²) in [5.41, 5.74) is 3.96. The van der Waals surface area contributed by atoms with E-state index in [4.69, 9.17) is 0 Å². The molecule has 0 bridgehead atoms. The van der Waals surface area contributed by atoms with Crippen LogP contribution < -0.4 is 4.90 Å². The van der Waals surface area contributed by atoms with Crippen molar-refractivity contribution in [3.05, 3.63) is 72.3 Å². The van der Waals surface area contributed by atoms with E-state index < -0.39 is 0 Å². The predicted octanol–water partition coefficient (Wildman–Crippen LogP) is 4.89. The fraction of sp³-hybridized carbons (Fsp3) is 0.222. The van der Waals surface area contributed by atoms with Gasteiger partial charge in [0.05, 0.1) is 0 Å². The minimum Gasteiger partial charge on any atom is -0.335 e. The number of para-hydroxylation sites is 2. The second kappa shape index (κ2) is 4.93. The molecule has 0 saturated carbocycles. The molecule has 0 N–H and O–H groups in total. The summed E-state index contributed by atoms with van der Waals surface area (Å²) >= 11 is 0. The average molecular weight is 249 g/mol. The van der Waals surface area contributed by atoms with Crippen LogP contribution in [0.5, 0.6) is 0 Å². The van der Waals surface area contributed by atoms with Gasteiger partial charge in [-0.25, -0.2) is 0 Å². The van der Waals surface area contributed by atoms with E-state index in [1.165, 1.54) is 16.9 Å². The summed E-state index contributed by atoms with van der Waals surface area (Å²) in [6.07, 6.45) is 4.62. The minimum absolute atomic E-state index is 0.369. The first-order chi connectivity index (χ1) is 9.27. The third-order valence-electron chi connectivity index (χ3n) is 3.81. The van der Waals surface area contributed by atoms with Crippen LogP contribution >= 0.6 is 0 Å². The number of nitrogens with zero attached hydrogens (tertiary/aromatic N) is 1. The van der Waals surface area contributed by atoms with E-state index in [1.54, 1.807) is 0 Å². The van der Waals surface area contributed by atoms with Crippen LogP contribution in [0.3, 0.4) is 0 Å². The molecule has 0 fully saturated rings. The standard InChI is InChI=1S/C18H19N/c1-14-12-13-15(2)19(16-8-4-3-5-9-16)18-11-7-6-10-17(14)18/h3-15H,1-2H3. The van der Waals surface area contributed by atoms with E-state index in [0.717, 1.165) is 0 Å². The van der Waals surface area contributed by atoms with Gasteiger partial charge in [-0.3, -0.25) is 0 Å². The number of benzene rings is 2. The van der Waals surface area contributed by atoms with Crippen molar-refractivity contribution in [2.24, 2.45) is 0 Å². The molecular weight excluding hydrogens is 230 g/mol. The van der Waals surface area contributed by atoms with Gasteiger partial charge in [0.25, 0.3) is 0 Å². The number of hydrogen-bond acceptors (Lipinski definition) is 1. The molecule has 0 aromatic heterocycles. The highest BCUT2D eigenvalue weighted by Gasteiger charge is 2.21. The van der Waals surface area contributed by atoms with Crippen LogP contribution in [-0.2, 0) is 0 Å². The Kier molecular flexibility index (Phi) is 3.12. The summed E-state index contributed by atoms with van der Waals surface area (Å²) in [7, 11) is 0. The molecule has 0 saturated heterocycles. The fourth-order valence-electron chi connectivity index (χ4n) is 2.79. The SMILES string of the molecule is CC1C=CC(C)N(c2ccccc2)c2ccccc21. The molecule has 1 heteroatoms. The number of allylic oxidation sites excluding steroid dienone is 1. The first kappa shape index (κ1) is 12.0. The number of fused-ring (bicyclic) bond motifs is 1. The van der Waals surface area contributed by atoms with Gasteiger partial charge in [-0.1, -0.05) is 55.5 Å². The van der Waals surface area contributed by atoms with Gasteiger partial charge in [-0.05, 0) is 30.7 Å². The molecule has 1 aliphatic rings. The Hall–Kier alpha value is -2.02. The van der Waals surface area contributed by atoms with E-state index in [-0.39, 0.29) is 0 Å². The summed E-state index contributed by atoms with van der Waals surface area (Å²) in [6.45, 7) is 4.51. The average Bonchev–Trinajstić information content (AvgIpc) is 2.58. The van der Waals surface area contributed by atoms with Crippen molar-refractivity contribution in [1.29, 1.82) is 0 Å². The lowest BCUT2D eigenvalue weighted by Crippen LogP contribution is -2.26. The second-order valence-corrected chi connectivity index (χ2v) is 5.18. The van der Waals surface area contributed by atoms with Gasteiger partial charge < -0.3 is 4.90 Å². The normalized spacial score (nSPS) is 21.9. The molecule has 0 aliphatic carbocycles. The summed E-state index contributed by atoms with van der Waals surface area (Å²) in [4.78, 5) is 2.41. The lowest BCUT2D eigenvalue weighted by Gasteiger charge is -2.30. The quantitative estimate of drug-likeness (QED) is 0.651. The Morgan fingerprint density at radius 2 is 1.47 bits per heavy atom. The first-order valence-electron chi connectivity index (χ1n) is 6.89. The van der Waals surface area contributed by atoms with Gasteiger partial charge in [0, 0.05) is 23.3 Å². The molecule has 2 atom stereocenters. The maximum absolute atomic E-state index is 2.41. The third-order valence-corrected chi connectivity index (χ3v) is 3.81. The van der Waals surface area contributed by atoms with E-state index >= 15 is 0 Å². The molecular formula is C18H19N. The van der Waals surface area contributed by atoms with Crippen LogP contribution in [-0.4, -0.2) is 6.04 Å². The van der Waals surface area contributed by atoms with E-state index in [0.29, 0.717) is 12.0 Å². The van der Waals surface area contributed by atoms with Crippen LogP contribution in [0.1, 0.15) is 25.3 Å². The largest absolute Gasteiger partial charge is 0.335 e. The highest BCUT2D eigenvalue weighted by atomic mass is 15.2. The number of anilines is 2. The number of hydrogen-bond donors (Lipinski definition) is 0. The maximum Gasteiger partial charge on any atom is 0.0494 e. The van der Waals surface area contributed by atoms with E-state index in [2.05, 4.69) is 85.5 Å². The smallest absolute Gasteiger partial charge is 0.0494 e. The van der Waals surface area contributed by atoms with Gasteiger partial charge in [-0.15, -0.1) is 0 Å². The zero-order chi connectivity index (χ0) is 13.2. The molecule has 1 heterocycles. The van der Waals surface area contributed by atoms with Crippen molar-refractivity contribution in [3.8, 4) is 0 Å². The molecule has 2 unspecified atom stereocenters. The van der Waals surface area contributed by atoms with Crippen LogP contribution in [0.2, 0.25) is 0 Å². The minimum atomic E-state index is 0.369. The highest BCUT2D eigenvalue weighted by molar-refractivity contribution is 5.69. The highest BCUT2D eigenvalue weighted by Crippen LogP contribution is 2.37. The van der Waals surface area contributed by atoms with Crippen LogP contribution in [0.4, 0.5) is 11.4 Å². The molecule has 2 aromatic rings. The van der Waals surface area contributed by atoms with Crippen LogP contribution in [0, 0.1) is 0 Å². The zero-order valence-corrected chi connectivity index (χ0v) is 11.5. The molecule has 0 spiro atoms. The Bertz CT molecular complexity index is 586. The predicted molar refractivity (Wildman–Crippen MR) is 82.0 cm³/mol. The Morgan fingerprint density at radius 1 is 0.789 bits per heavy atom. The Morgan fingerprint density at radius 3 is 2.26 bits per heavy atom.